The lowest BCUT2D eigenvalue weighted by atomic mass is 9.74. The summed E-state index contributed by atoms with van der Waals surface area (Å²) < 4.78 is 5.65. The van der Waals surface area contributed by atoms with Crippen molar-refractivity contribution in [3.8, 4) is 11.1 Å². The molecule has 1 unspecified atom stereocenters. The highest BCUT2D eigenvalue weighted by Crippen LogP contribution is 2.44. The third-order valence-electron chi connectivity index (χ3n) is 6.86. The van der Waals surface area contributed by atoms with E-state index < -0.39 is 23.6 Å². The van der Waals surface area contributed by atoms with Crippen LogP contribution in [0.2, 0.25) is 0 Å². The van der Waals surface area contributed by atoms with Crippen molar-refractivity contribution < 1.29 is 24.2 Å². The molecule has 2 aromatic carbocycles. The van der Waals surface area contributed by atoms with Gasteiger partial charge in [-0.2, -0.15) is 0 Å². The van der Waals surface area contributed by atoms with Gasteiger partial charge in [-0.15, -0.1) is 0 Å². The summed E-state index contributed by atoms with van der Waals surface area (Å²) in [6, 6.07) is 15.4. The van der Waals surface area contributed by atoms with Crippen molar-refractivity contribution in [3.63, 3.8) is 0 Å². The molecular formula is C27H32N2O5. The van der Waals surface area contributed by atoms with E-state index in [1.165, 1.54) is 0 Å². The van der Waals surface area contributed by atoms with Gasteiger partial charge in [0.25, 0.3) is 0 Å². The van der Waals surface area contributed by atoms with Gasteiger partial charge in [-0.25, -0.2) is 9.59 Å². The second-order valence-corrected chi connectivity index (χ2v) is 9.85. The van der Waals surface area contributed by atoms with Crippen molar-refractivity contribution in [2.45, 2.75) is 63.5 Å². The zero-order chi connectivity index (χ0) is 24.3. The van der Waals surface area contributed by atoms with E-state index in [0.29, 0.717) is 19.3 Å². The minimum atomic E-state index is -1.05. The Bertz CT molecular complexity index is 1030. The fourth-order valence-electron chi connectivity index (χ4n) is 5.05. The highest BCUT2D eigenvalue weighted by Gasteiger charge is 2.41. The van der Waals surface area contributed by atoms with Gasteiger partial charge in [-0.3, -0.25) is 4.79 Å². The van der Waals surface area contributed by atoms with Crippen molar-refractivity contribution >= 4 is 18.0 Å². The Morgan fingerprint density at radius 3 is 2.12 bits per heavy atom. The summed E-state index contributed by atoms with van der Waals surface area (Å²) in [6.07, 6.45) is 2.06. The Balaban J connectivity index is 1.36. The zero-order valence-corrected chi connectivity index (χ0v) is 19.7. The number of carbonyl (C=O) groups excluding carboxylic acids is 2. The van der Waals surface area contributed by atoms with Crippen LogP contribution in [0.3, 0.4) is 0 Å². The Kier molecular flexibility index (Phi) is 6.91. The van der Waals surface area contributed by atoms with Crippen LogP contribution in [0.25, 0.3) is 11.1 Å². The topological polar surface area (TPSA) is 105 Å². The molecule has 0 saturated heterocycles. The van der Waals surface area contributed by atoms with Crippen LogP contribution in [0.4, 0.5) is 4.79 Å². The first kappa shape index (κ1) is 23.8. The second-order valence-electron chi connectivity index (χ2n) is 9.85. The largest absolute Gasteiger partial charge is 0.480 e. The van der Waals surface area contributed by atoms with Gasteiger partial charge in [0.2, 0.25) is 5.91 Å². The average molecular weight is 465 g/mol. The molecule has 7 nitrogen and oxygen atoms in total. The number of benzene rings is 2. The lowest BCUT2D eigenvalue weighted by Crippen LogP contribution is -2.57. The van der Waals surface area contributed by atoms with Crippen LogP contribution in [0.15, 0.2) is 48.5 Å². The molecule has 0 spiro atoms. The van der Waals surface area contributed by atoms with Crippen LogP contribution in [0.5, 0.6) is 0 Å². The van der Waals surface area contributed by atoms with Crippen molar-refractivity contribution in [3.05, 3.63) is 59.7 Å². The number of fused-ring (bicyclic) bond motifs is 3. The summed E-state index contributed by atoms with van der Waals surface area (Å²) in [4.78, 5) is 36.8. The number of hydrogen-bond acceptors (Lipinski definition) is 4. The quantitative estimate of drug-likeness (QED) is 0.508. The maximum Gasteiger partial charge on any atom is 0.407 e. The van der Waals surface area contributed by atoms with Crippen molar-refractivity contribution in [2.75, 3.05) is 6.61 Å². The smallest absolute Gasteiger partial charge is 0.407 e. The molecule has 0 heterocycles. The van der Waals surface area contributed by atoms with Gasteiger partial charge in [0, 0.05) is 12.3 Å². The minimum absolute atomic E-state index is 0.0360. The number of nitrogens with one attached hydrogen (secondary N) is 2. The van der Waals surface area contributed by atoms with Gasteiger partial charge in [0.15, 0.2) is 0 Å². The molecule has 7 heteroatoms. The molecule has 2 aromatic rings. The van der Waals surface area contributed by atoms with E-state index in [4.69, 9.17) is 4.74 Å². The molecule has 1 fully saturated rings. The van der Waals surface area contributed by atoms with Crippen LogP contribution in [0.1, 0.15) is 63.0 Å². The number of carboxylic acid groups (broad SMARTS) is 1. The monoisotopic (exact) mass is 464 g/mol. The maximum atomic E-state index is 12.7. The summed E-state index contributed by atoms with van der Waals surface area (Å²) in [5, 5.41) is 14.9. The summed E-state index contributed by atoms with van der Waals surface area (Å²) in [5.41, 5.74) is 3.91. The van der Waals surface area contributed by atoms with Crippen molar-refractivity contribution in [1.82, 2.24) is 10.6 Å². The number of carboxylic acids is 1. The molecule has 34 heavy (non-hydrogen) atoms. The Morgan fingerprint density at radius 2 is 1.62 bits per heavy atom. The Morgan fingerprint density at radius 1 is 1.03 bits per heavy atom. The van der Waals surface area contributed by atoms with E-state index >= 15 is 0 Å². The highest BCUT2D eigenvalue weighted by atomic mass is 16.5. The van der Waals surface area contributed by atoms with E-state index in [0.717, 1.165) is 28.7 Å². The van der Waals surface area contributed by atoms with E-state index in [2.05, 4.69) is 34.9 Å². The van der Waals surface area contributed by atoms with Crippen LogP contribution < -0.4 is 10.6 Å². The first-order valence-electron chi connectivity index (χ1n) is 11.9. The number of ether oxygens (including phenoxy) is 1. The molecule has 2 aliphatic carbocycles. The molecule has 2 amide bonds. The van der Waals surface area contributed by atoms with Gasteiger partial charge in [0.1, 0.15) is 12.6 Å². The second kappa shape index (κ2) is 9.87. The Labute approximate surface area is 199 Å². The Hall–Kier alpha value is -3.35. The normalized spacial score (nSPS) is 16.7. The molecule has 0 radical (unpaired) electrons. The molecule has 1 atom stereocenters. The van der Waals surface area contributed by atoms with Crippen LogP contribution >= 0.6 is 0 Å². The minimum Gasteiger partial charge on any atom is -0.480 e. The first-order valence-corrected chi connectivity index (χ1v) is 11.9. The number of carbonyl (C=O) groups is 3. The molecule has 1 saturated carbocycles. The van der Waals surface area contributed by atoms with Gasteiger partial charge < -0.3 is 20.5 Å². The average Bonchev–Trinajstić information content (AvgIpc) is 3.09. The molecule has 3 N–H and O–H groups in total. The maximum absolute atomic E-state index is 12.7. The third kappa shape index (κ3) is 5.08. The number of hydrogen-bond donors (Lipinski definition) is 3. The lowest BCUT2D eigenvalue weighted by molar-refractivity contribution is -0.142. The summed E-state index contributed by atoms with van der Waals surface area (Å²) >= 11 is 0. The molecule has 4 rings (SSSR count). The third-order valence-corrected chi connectivity index (χ3v) is 6.86. The predicted octanol–water partition coefficient (Wildman–Crippen LogP) is 4.45. The zero-order valence-electron chi connectivity index (χ0n) is 19.7. The summed E-state index contributed by atoms with van der Waals surface area (Å²) in [7, 11) is 0. The van der Waals surface area contributed by atoms with Crippen LogP contribution in [0, 0.1) is 5.92 Å². The van der Waals surface area contributed by atoms with Gasteiger partial charge in [-0.1, -0.05) is 62.4 Å². The van der Waals surface area contributed by atoms with Gasteiger partial charge >= 0.3 is 12.1 Å². The van der Waals surface area contributed by atoms with E-state index in [1.54, 1.807) is 0 Å². The molecule has 2 aliphatic rings. The van der Waals surface area contributed by atoms with Crippen molar-refractivity contribution in [2.24, 2.45) is 5.92 Å². The number of aliphatic carboxylic acids is 1. The molecule has 180 valence electrons. The standard InChI is InChI=1S/C27H32N2O5/c1-17(2)14-23(25(31)32)28-24(30)15-27(12-7-13-27)29-26(33)34-16-22-20-10-5-3-8-18(20)19-9-4-6-11-21(19)22/h3-6,8-11,17,22-23H,7,12-16H2,1-2H3,(H,28,30)(H,29,33)(H,31,32). The summed E-state index contributed by atoms with van der Waals surface area (Å²) in [5.74, 6) is -1.31. The number of amides is 2. The van der Waals surface area contributed by atoms with Crippen molar-refractivity contribution in [1.29, 1.82) is 0 Å². The summed E-state index contributed by atoms with van der Waals surface area (Å²) in [6.45, 7) is 4.03. The fraction of sp³-hybridized carbons (Fsp3) is 0.444. The molecule has 0 aromatic heterocycles. The first-order chi connectivity index (χ1) is 16.3. The van der Waals surface area contributed by atoms with E-state index in [-0.39, 0.29) is 30.8 Å². The lowest BCUT2D eigenvalue weighted by Gasteiger charge is -2.41. The SMILES string of the molecule is CC(C)CC(NC(=O)CC1(NC(=O)OCC2c3ccccc3-c3ccccc32)CCC1)C(=O)O. The number of rotatable bonds is 9. The van der Waals surface area contributed by atoms with Crippen LogP contribution in [-0.4, -0.2) is 41.3 Å². The number of alkyl carbamates (subject to hydrolysis) is 1. The van der Waals surface area contributed by atoms with Gasteiger partial charge in [-0.05, 0) is 53.9 Å². The van der Waals surface area contributed by atoms with E-state index in [9.17, 15) is 19.5 Å². The molecular weight excluding hydrogens is 432 g/mol. The van der Waals surface area contributed by atoms with Crippen LogP contribution in [-0.2, 0) is 14.3 Å². The predicted molar refractivity (Wildman–Crippen MR) is 128 cm³/mol. The van der Waals surface area contributed by atoms with Gasteiger partial charge in [0.05, 0.1) is 5.54 Å². The fourth-order valence-corrected chi connectivity index (χ4v) is 5.05. The highest BCUT2D eigenvalue weighted by molar-refractivity contribution is 5.85. The van der Waals surface area contributed by atoms with E-state index in [1.807, 2.05) is 38.1 Å². The molecule has 0 bridgehead atoms. The molecule has 0 aliphatic heterocycles.